The van der Waals surface area contributed by atoms with Crippen molar-refractivity contribution in [3.05, 3.63) is 34.6 Å². The number of thioether (sulfide) groups is 1. The Hall–Kier alpha value is -1.57. The van der Waals surface area contributed by atoms with Crippen LogP contribution < -0.4 is 5.32 Å². The van der Waals surface area contributed by atoms with Gasteiger partial charge in [0.05, 0.1) is 18.4 Å². The molecule has 8 heteroatoms. The predicted octanol–water partition coefficient (Wildman–Crippen LogP) is 3.46. The van der Waals surface area contributed by atoms with Gasteiger partial charge in [-0.05, 0) is 44.4 Å². The molecule has 0 bridgehead atoms. The lowest BCUT2D eigenvalue weighted by Gasteiger charge is -2.13. The van der Waals surface area contributed by atoms with E-state index < -0.39 is 0 Å². The summed E-state index contributed by atoms with van der Waals surface area (Å²) in [5, 5.41) is 12.5. The highest BCUT2D eigenvalue weighted by Crippen LogP contribution is 2.23. The van der Waals surface area contributed by atoms with Crippen molar-refractivity contribution in [2.24, 2.45) is 0 Å². The minimum atomic E-state index is -0.103. The molecule has 3 rings (SSSR count). The number of nitrogens with zero attached hydrogens (tertiary/aromatic N) is 3. The molecule has 1 amide bonds. The Morgan fingerprint density at radius 1 is 1.44 bits per heavy atom. The van der Waals surface area contributed by atoms with E-state index in [0.717, 1.165) is 42.5 Å². The lowest BCUT2D eigenvalue weighted by atomic mass is 10.2. The molecule has 134 valence electrons. The van der Waals surface area contributed by atoms with Crippen LogP contribution in [0, 0.1) is 13.8 Å². The van der Waals surface area contributed by atoms with Gasteiger partial charge >= 0.3 is 0 Å². The summed E-state index contributed by atoms with van der Waals surface area (Å²) in [6.45, 7) is 5.39. The molecule has 1 saturated heterocycles. The van der Waals surface area contributed by atoms with E-state index in [1.165, 1.54) is 11.8 Å². The van der Waals surface area contributed by atoms with Crippen molar-refractivity contribution in [1.82, 2.24) is 14.8 Å². The van der Waals surface area contributed by atoms with Crippen LogP contribution in [0.5, 0.6) is 0 Å². The van der Waals surface area contributed by atoms with E-state index in [4.69, 9.17) is 16.3 Å². The van der Waals surface area contributed by atoms with Crippen molar-refractivity contribution >= 4 is 35.0 Å². The first-order valence-electron chi connectivity index (χ1n) is 8.23. The standard InChI is InChI=1S/C17H21ClN4O2S/c1-11-5-6-13(8-15(11)18)19-16(23)10-25-17-21-20-12(2)22(17)9-14-4-3-7-24-14/h5-6,8,14H,3-4,7,9-10H2,1-2H3,(H,19,23). The van der Waals surface area contributed by atoms with Gasteiger partial charge < -0.3 is 14.6 Å². The van der Waals surface area contributed by atoms with Crippen LogP contribution in [0.4, 0.5) is 5.69 Å². The van der Waals surface area contributed by atoms with Crippen LogP contribution in [-0.4, -0.2) is 39.1 Å². The molecule has 2 aromatic rings. The summed E-state index contributed by atoms with van der Waals surface area (Å²) in [7, 11) is 0. The Morgan fingerprint density at radius 3 is 3.00 bits per heavy atom. The first-order chi connectivity index (χ1) is 12.0. The van der Waals surface area contributed by atoms with Gasteiger partial charge in [0.2, 0.25) is 5.91 Å². The zero-order chi connectivity index (χ0) is 17.8. The summed E-state index contributed by atoms with van der Waals surface area (Å²) in [6.07, 6.45) is 2.35. The van der Waals surface area contributed by atoms with Gasteiger partial charge in [-0.3, -0.25) is 4.79 Å². The Balaban J connectivity index is 1.57. The molecular formula is C17H21ClN4O2S. The average Bonchev–Trinajstić information content (AvgIpc) is 3.21. The van der Waals surface area contributed by atoms with Crippen LogP contribution in [0.25, 0.3) is 0 Å². The van der Waals surface area contributed by atoms with Gasteiger partial charge in [-0.1, -0.05) is 29.4 Å². The number of aryl methyl sites for hydroxylation is 2. The monoisotopic (exact) mass is 380 g/mol. The maximum Gasteiger partial charge on any atom is 0.234 e. The molecule has 2 heterocycles. The zero-order valence-corrected chi connectivity index (χ0v) is 15.9. The van der Waals surface area contributed by atoms with Crippen LogP contribution in [0.15, 0.2) is 23.4 Å². The Morgan fingerprint density at radius 2 is 2.28 bits per heavy atom. The molecule has 0 radical (unpaired) electrons. The van der Waals surface area contributed by atoms with Crippen LogP contribution in [0.1, 0.15) is 24.2 Å². The number of anilines is 1. The molecule has 25 heavy (non-hydrogen) atoms. The quantitative estimate of drug-likeness (QED) is 0.777. The van der Waals surface area contributed by atoms with Crippen LogP contribution in [0.2, 0.25) is 5.02 Å². The molecule has 1 aliphatic heterocycles. The predicted molar refractivity (Wildman–Crippen MR) is 99.3 cm³/mol. The third kappa shape index (κ3) is 4.74. The number of hydrogen-bond acceptors (Lipinski definition) is 5. The number of benzene rings is 1. The molecule has 1 aromatic heterocycles. The molecule has 0 saturated carbocycles. The van der Waals surface area contributed by atoms with E-state index >= 15 is 0 Å². The summed E-state index contributed by atoms with van der Waals surface area (Å²) in [4.78, 5) is 12.2. The lowest BCUT2D eigenvalue weighted by Crippen LogP contribution is -2.18. The fourth-order valence-corrected chi connectivity index (χ4v) is 3.64. The molecule has 1 N–H and O–H groups in total. The summed E-state index contributed by atoms with van der Waals surface area (Å²) < 4.78 is 7.71. The van der Waals surface area contributed by atoms with Gasteiger partial charge in [-0.15, -0.1) is 10.2 Å². The number of rotatable bonds is 6. The molecule has 0 aliphatic carbocycles. The van der Waals surface area contributed by atoms with Crippen molar-refractivity contribution in [2.75, 3.05) is 17.7 Å². The van der Waals surface area contributed by atoms with Crippen LogP contribution in [0.3, 0.4) is 0 Å². The molecule has 1 unspecified atom stereocenters. The normalized spacial score (nSPS) is 17.0. The maximum absolute atomic E-state index is 12.2. The lowest BCUT2D eigenvalue weighted by molar-refractivity contribution is -0.113. The van der Waals surface area contributed by atoms with E-state index in [-0.39, 0.29) is 17.8 Å². The van der Waals surface area contributed by atoms with Gasteiger partial charge in [-0.2, -0.15) is 0 Å². The highest BCUT2D eigenvalue weighted by Gasteiger charge is 2.20. The second-order valence-corrected chi connectivity index (χ2v) is 7.43. The second kappa shape index (κ2) is 8.21. The molecule has 1 aliphatic rings. The minimum Gasteiger partial charge on any atom is -0.376 e. The number of carbonyl (C=O) groups is 1. The largest absolute Gasteiger partial charge is 0.376 e. The van der Waals surface area contributed by atoms with E-state index in [0.29, 0.717) is 10.7 Å². The van der Waals surface area contributed by atoms with Crippen molar-refractivity contribution in [2.45, 2.75) is 44.5 Å². The first kappa shape index (κ1) is 18.2. The zero-order valence-electron chi connectivity index (χ0n) is 14.3. The maximum atomic E-state index is 12.2. The van der Waals surface area contributed by atoms with Crippen molar-refractivity contribution in [1.29, 1.82) is 0 Å². The number of amides is 1. The molecule has 1 aromatic carbocycles. The van der Waals surface area contributed by atoms with Gasteiger partial charge in [-0.25, -0.2) is 0 Å². The van der Waals surface area contributed by atoms with Gasteiger partial charge in [0.15, 0.2) is 5.16 Å². The third-order valence-electron chi connectivity index (χ3n) is 4.10. The highest BCUT2D eigenvalue weighted by molar-refractivity contribution is 7.99. The SMILES string of the molecule is Cc1ccc(NC(=O)CSc2nnc(C)n2CC2CCCO2)cc1Cl. The molecular weight excluding hydrogens is 360 g/mol. The van der Waals surface area contributed by atoms with Crippen molar-refractivity contribution in [3.8, 4) is 0 Å². The number of carbonyl (C=O) groups excluding carboxylic acids is 1. The van der Waals surface area contributed by atoms with E-state index in [9.17, 15) is 4.79 Å². The van der Waals surface area contributed by atoms with Gasteiger partial charge in [0, 0.05) is 17.3 Å². The number of hydrogen-bond donors (Lipinski definition) is 1. The summed E-state index contributed by atoms with van der Waals surface area (Å²) in [5.74, 6) is 0.993. The van der Waals surface area contributed by atoms with Gasteiger partial charge in [0.25, 0.3) is 0 Å². The second-order valence-electron chi connectivity index (χ2n) is 6.08. The number of ether oxygens (including phenoxy) is 1. The van der Waals surface area contributed by atoms with E-state index in [1.807, 2.05) is 30.5 Å². The average molecular weight is 381 g/mol. The van der Waals surface area contributed by atoms with Crippen molar-refractivity contribution in [3.63, 3.8) is 0 Å². The smallest absolute Gasteiger partial charge is 0.234 e. The van der Waals surface area contributed by atoms with Gasteiger partial charge in [0.1, 0.15) is 5.82 Å². The molecule has 6 nitrogen and oxygen atoms in total. The number of nitrogens with one attached hydrogen (secondary N) is 1. The summed E-state index contributed by atoms with van der Waals surface area (Å²) in [5.41, 5.74) is 1.67. The Kier molecular flexibility index (Phi) is 5.98. The highest BCUT2D eigenvalue weighted by atomic mass is 35.5. The molecule has 0 spiro atoms. The van der Waals surface area contributed by atoms with Crippen molar-refractivity contribution < 1.29 is 9.53 Å². The number of halogens is 1. The fourth-order valence-electron chi connectivity index (χ4n) is 2.67. The Bertz CT molecular complexity index is 759. The topological polar surface area (TPSA) is 69.0 Å². The first-order valence-corrected chi connectivity index (χ1v) is 9.59. The third-order valence-corrected chi connectivity index (χ3v) is 5.47. The fraction of sp³-hybridized carbons (Fsp3) is 0.471. The molecule has 1 atom stereocenters. The van der Waals surface area contributed by atoms with E-state index in [1.54, 1.807) is 6.07 Å². The number of aromatic nitrogens is 3. The summed E-state index contributed by atoms with van der Waals surface area (Å²) in [6, 6.07) is 5.48. The Labute approximate surface area is 156 Å². The van der Waals surface area contributed by atoms with Crippen LogP contribution in [-0.2, 0) is 16.1 Å². The summed E-state index contributed by atoms with van der Waals surface area (Å²) >= 11 is 7.46. The molecule has 1 fully saturated rings. The minimum absolute atomic E-state index is 0.103. The van der Waals surface area contributed by atoms with Crippen LogP contribution >= 0.6 is 23.4 Å². The van der Waals surface area contributed by atoms with E-state index in [2.05, 4.69) is 15.5 Å².